The molecule has 7 heteroatoms. The summed E-state index contributed by atoms with van der Waals surface area (Å²) in [5.41, 5.74) is 1.23. The number of urea groups is 1. The first-order valence-electron chi connectivity index (χ1n) is 7.38. The maximum absolute atomic E-state index is 13.3. The Morgan fingerprint density at radius 2 is 2.08 bits per heavy atom. The lowest BCUT2D eigenvalue weighted by Crippen LogP contribution is -2.32. The molecule has 0 aromatic heterocycles. The molecule has 0 aliphatic carbocycles. The van der Waals surface area contributed by atoms with Gasteiger partial charge in [0.25, 0.3) is 0 Å². The van der Waals surface area contributed by atoms with E-state index in [1.165, 1.54) is 19.2 Å². The fraction of sp³-hybridized carbons (Fsp3) is 0.235. The third-order valence-electron chi connectivity index (χ3n) is 3.58. The lowest BCUT2D eigenvalue weighted by molar-refractivity contribution is 0.104. The Bertz CT molecular complexity index is 738. The van der Waals surface area contributed by atoms with E-state index in [1.807, 2.05) is 0 Å². The average Bonchev–Trinajstić information content (AvgIpc) is 3.03. The number of carbonyl (C=O) groups excluding carboxylic acids is 1. The normalized spacial score (nSPS) is 13.4. The van der Waals surface area contributed by atoms with E-state index in [2.05, 4.69) is 10.6 Å². The molecule has 24 heavy (non-hydrogen) atoms. The number of benzene rings is 2. The van der Waals surface area contributed by atoms with E-state index in [9.17, 15) is 9.18 Å². The Hall–Kier alpha value is -2.80. The molecule has 1 aliphatic rings. The van der Waals surface area contributed by atoms with Crippen LogP contribution in [-0.2, 0) is 4.74 Å². The van der Waals surface area contributed by atoms with Gasteiger partial charge >= 0.3 is 6.03 Å². The number of amides is 2. The highest BCUT2D eigenvalue weighted by atomic mass is 19.1. The topological polar surface area (TPSA) is 68.8 Å². The molecule has 2 N–H and O–H groups in total. The van der Waals surface area contributed by atoms with Crippen LogP contribution in [0.4, 0.5) is 14.9 Å². The minimum Gasteiger partial charge on any atom is -0.454 e. The summed E-state index contributed by atoms with van der Waals surface area (Å²) in [6, 6.07) is 10.8. The van der Waals surface area contributed by atoms with Gasteiger partial charge in [0.1, 0.15) is 5.82 Å². The predicted molar refractivity (Wildman–Crippen MR) is 85.7 cm³/mol. The first kappa shape index (κ1) is 16.1. The van der Waals surface area contributed by atoms with E-state index >= 15 is 0 Å². The molecule has 2 amide bonds. The van der Waals surface area contributed by atoms with Gasteiger partial charge in [0.05, 0.1) is 6.10 Å². The standard InChI is InChI=1S/C17H17FN2O4/c1-22-16(11-3-2-4-12(18)7-11)9-19-17(21)20-13-5-6-14-15(8-13)24-10-23-14/h2-8,16H,9-10H2,1H3,(H2,19,20,21). The van der Waals surface area contributed by atoms with E-state index in [0.29, 0.717) is 22.7 Å². The summed E-state index contributed by atoms with van der Waals surface area (Å²) in [6.45, 7) is 0.379. The van der Waals surface area contributed by atoms with Gasteiger partial charge in [-0.25, -0.2) is 9.18 Å². The fourth-order valence-corrected chi connectivity index (χ4v) is 2.38. The Kier molecular flexibility index (Phi) is 4.81. The zero-order valence-corrected chi connectivity index (χ0v) is 13.0. The summed E-state index contributed by atoms with van der Waals surface area (Å²) in [4.78, 5) is 12.0. The van der Waals surface area contributed by atoms with E-state index in [0.717, 1.165) is 0 Å². The second-order valence-corrected chi connectivity index (χ2v) is 5.18. The van der Waals surface area contributed by atoms with Crippen molar-refractivity contribution in [3.63, 3.8) is 0 Å². The summed E-state index contributed by atoms with van der Waals surface area (Å²) >= 11 is 0. The number of methoxy groups -OCH3 is 1. The van der Waals surface area contributed by atoms with E-state index in [4.69, 9.17) is 14.2 Å². The molecule has 0 fully saturated rings. The summed E-state index contributed by atoms with van der Waals surface area (Å²) in [5.74, 6) is 0.883. The van der Waals surface area contributed by atoms with Crippen molar-refractivity contribution >= 4 is 11.7 Å². The third kappa shape index (κ3) is 3.75. The van der Waals surface area contributed by atoms with Crippen LogP contribution >= 0.6 is 0 Å². The van der Waals surface area contributed by atoms with Crippen molar-refractivity contribution in [3.8, 4) is 11.5 Å². The molecule has 126 valence electrons. The number of carbonyl (C=O) groups is 1. The van der Waals surface area contributed by atoms with Gasteiger partial charge in [-0.1, -0.05) is 12.1 Å². The molecular weight excluding hydrogens is 315 g/mol. The SMILES string of the molecule is COC(CNC(=O)Nc1ccc2c(c1)OCO2)c1cccc(F)c1. The first-order chi connectivity index (χ1) is 11.7. The van der Waals surface area contributed by atoms with Gasteiger partial charge in [-0.05, 0) is 29.8 Å². The van der Waals surface area contributed by atoms with Gasteiger partial charge < -0.3 is 24.8 Å². The van der Waals surface area contributed by atoms with Crippen LogP contribution in [0.15, 0.2) is 42.5 Å². The molecule has 1 aliphatic heterocycles. The summed E-state index contributed by atoms with van der Waals surface area (Å²) in [7, 11) is 1.51. The molecule has 1 unspecified atom stereocenters. The van der Waals surface area contributed by atoms with Crippen molar-refractivity contribution in [2.24, 2.45) is 0 Å². The average molecular weight is 332 g/mol. The van der Waals surface area contributed by atoms with Gasteiger partial charge in [-0.2, -0.15) is 0 Å². The first-order valence-corrected chi connectivity index (χ1v) is 7.38. The van der Waals surface area contributed by atoms with Gasteiger partial charge in [0.2, 0.25) is 6.79 Å². The van der Waals surface area contributed by atoms with Crippen molar-refractivity contribution in [1.82, 2.24) is 5.32 Å². The third-order valence-corrected chi connectivity index (χ3v) is 3.58. The molecule has 0 saturated heterocycles. The Morgan fingerprint density at radius 1 is 1.25 bits per heavy atom. The van der Waals surface area contributed by atoms with Crippen LogP contribution in [0.1, 0.15) is 11.7 Å². The summed E-state index contributed by atoms with van der Waals surface area (Å²) < 4.78 is 29.1. The second kappa shape index (κ2) is 7.18. The molecular formula is C17H17FN2O4. The lowest BCUT2D eigenvalue weighted by atomic mass is 10.1. The van der Waals surface area contributed by atoms with E-state index in [-0.39, 0.29) is 19.2 Å². The van der Waals surface area contributed by atoms with E-state index in [1.54, 1.807) is 30.3 Å². The fourth-order valence-electron chi connectivity index (χ4n) is 2.38. The van der Waals surface area contributed by atoms with Gasteiger partial charge in [0, 0.05) is 25.4 Å². The molecule has 6 nitrogen and oxygen atoms in total. The van der Waals surface area contributed by atoms with Crippen molar-refractivity contribution in [2.75, 3.05) is 25.8 Å². The molecule has 0 radical (unpaired) electrons. The highest BCUT2D eigenvalue weighted by Crippen LogP contribution is 2.34. The predicted octanol–water partition coefficient (Wildman–Crippen LogP) is 3.06. The van der Waals surface area contributed by atoms with E-state index < -0.39 is 12.1 Å². The Morgan fingerprint density at radius 3 is 2.88 bits per heavy atom. The van der Waals surface area contributed by atoms with Crippen LogP contribution in [-0.4, -0.2) is 26.5 Å². The number of nitrogens with one attached hydrogen (secondary N) is 2. The molecule has 1 atom stereocenters. The molecule has 2 aromatic rings. The molecule has 2 aromatic carbocycles. The quantitative estimate of drug-likeness (QED) is 0.883. The summed E-state index contributed by atoms with van der Waals surface area (Å²) in [5, 5.41) is 5.40. The largest absolute Gasteiger partial charge is 0.454 e. The summed E-state index contributed by atoms with van der Waals surface area (Å²) in [6.07, 6.45) is -0.441. The molecule has 1 heterocycles. The van der Waals surface area contributed by atoms with Gasteiger partial charge in [-0.15, -0.1) is 0 Å². The monoisotopic (exact) mass is 332 g/mol. The zero-order valence-electron chi connectivity index (χ0n) is 13.0. The second-order valence-electron chi connectivity index (χ2n) is 5.18. The number of halogens is 1. The van der Waals surface area contributed by atoms with Crippen molar-refractivity contribution in [1.29, 1.82) is 0 Å². The smallest absolute Gasteiger partial charge is 0.319 e. The Labute approximate surface area is 138 Å². The van der Waals surface area contributed by atoms with Crippen LogP contribution in [0, 0.1) is 5.82 Å². The van der Waals surface area contributed by atoms with Gasteiger partial charge in [-0.3, -0.25) is 0 Å². The minimum atomic E-state index is -0.441. The maximum atomic E-state index is 13.3. The molecule has 0 saturated carbocycles. The lowest BCUT2D eigenvalue weighted by Gasteiger charge is -2.17. The highest BCUT2D eigenvalue weighted by Gasteiger charge is 2.15. The maximum Gasteiger partial charge on any atom is 0.319 e. The van der Waals surface area contributed by atoms with Crippen LogP contribution in [0.3, 0.4) is 0 Å². The number of anilines is 1. The molecule has 0 bridgehead atoms. The Balaban J connectivity index is 1.56. The minimum absolute atomic E-state index is 0.175. The number of rotatable bonds is 5. The van der Waals surface area contributed by atoms with Crippen molar-refractivity contribution in [3.05, 3.63) is 53.8 Å². The molecule has 0 spiro atoms. The number of hydrogen-bond acceptors (Lipinski definition) is 4. The number of hydrogen-bond donors (Lipinski definition) is 2. The highest BCUT2D eigenvalue weighted by molar-refractivity contribution is 5.89. The number of fused-ring (bicyclic) bond motifs is 1. The van der Waals surface area contributed by atoms with Crippen LogP contribution in [0.5, 0.6) is 11.5 Å². The van der Waals surface area contributed by atoms with Crippen molar-refractivity contribution in [2.45, 2.75) is 6.10 Å². The van der Waals surface area contributed by atoms with Gasteiger partial charge in [0.15, 0.2) is 11.5 Å². The van der Waals surface area contributed by atoms with Crippen LogP contribution < -0.4 is 20.1 Å². The number of ether oxygens (including phenoxy) is 3. The zero-order chi connectivity index (χ0) is 16.9. The van der Waals surface area contributed by atoms with Crippen LogP contribution in [0.2, 0.25) is 0 Å². The van der Waals surface area contributed by atoms with Crippen molar-refractivity contribution < 1.29 is 23.4 Å². The molecule has 3 rings (SSSR count). The van der Waals surface area contributed by atoms with Crippen LogP contribution in [0.25, 0.3) is 0 Å².